The zero-order valence-corrected chi connectivity index (χ0v) is 10.3. The average molecular weight is 231 g/mol. The summed E-state index contributed by atoms with van der Waals surface area (Å²) in [4.78, 5) is 12.0. The number of carbonyl (C=O) groups excluding carboxylic acids is 1. The molecule has 1 rings (SSSR count). The Balaban J connectivity index is 2.78. The number of ketones is 1. The second-order valence-electron chi connectivity index (χ2n) is 3.79. The van der Waals surface area contributed by atoms with Gasteiger partial charge in [-0.25, -0.2) is 0 Å². The van der Waals surface area contributed by atoms with E-state index in [1.54, 1.807) is 24.3 Å². The van der Waals surface area contributed by atoms with E-state index in [0.717, 1.165) is 12.2 Å². The highest BCUT2D eigenvalue weighted by Crippen LogP contribution is 2.17. The van der Waals surface area contributed by atoms with Gasteiger partial charge in [0, 0.05) is 5.56 Å². The van der Waals surface area contributed by atoms with Gasteiger partial charge >= 0.3 is 0 Å². The van der Waals surface area contributed by atoms with E-state index in [0.29, 0.717) is 18.6 Å². The number of hydrogen-bond acceptors (Lipinski definition) is 3. The van der Waals surface area contributed by atoms with E-state index in [4.69, 9.17) is 10.00 Å². The molecule has 3 heteroatoms. The van der Waals surface area contributed by atoms with Crippen LogP contribution in [0.4, 0.5) is 0 Å². The molecule has 0 aliphatic carbocycles. The number of carbonyl (C=O) groups is 1. The average Bonchev–Trinajstić information content (AvgIpc) is 2.36. The van der Waals surface area contributed by atoms with Crippen molar-refractivity contribution in [2.75, 3.05) is 6.61 Å². The molecule has 1 atom stereocenters. The minimum atomic E-state index is -0.530. The first-order chi connectivity index (χ1) is 8.22. The third-order valence-corrected chi connectivity index (χ3v) is 2.50. The third kappa shape index (κ3) is 3.60. The molecule has 0 bridgehead atoms. The SMILES string of the molecule is CCCC(C#N)C(=O)c1ccc(OCC)cc1. The summed E-state index contributed by atoms with van der Waals surface area (Å²) in [6.45, 7) is 4.48. The van der Waals surface area contributed by atoms with Crippen LogP contribution in [0.3, 0.4) is 0 Å². The first kappa shape index (κ1) is 13.2. The van der Waals surface area contributed by atoms with Crippen LogP contribution in [0, 0.1) is 17.2 Å². The molecule has 0 spiro atoms. The summed E-state index contributed by atoms with van der Waals surface area (Å²) < 4.78 is 5.30. The summed E-state index contributed by atoms with van der Waals surface area (Å²) in [7, 11) is 0. The minimum absolute atomic E-state index is 0.0996. The van der Waals surface area contributed by atoms with Gasteiger partial charge in [-0.05, 0) is 37.6 Å². The molecule has 90 valence electrons. The molecule has 3 nitrogen and oxygen atoms in total. The fourth-order valence-corrected chi connectivity index (χ4v) is 1.63. The van der Waals surface area contributed by atoms with E-state index in [1.807, 2.05) is 13.8 Å². The Morgan fingerprint density at radius 1 is 1.35 bits per heavy atom. The van der Waals surface area contributed by atoms with Crippen LogP contribution in [0.1, 0.15) is 37.0 Å². The largest absolute Gasteiger partial charge is 0.494 e. The lowest BCUT2D eigenvalue weighted by molar-refractivity contribution is 0.0943. The Morgan fingerprint density at radius 2 is 2.00 bits per heavy atom. The van der Waals surface area contributed by atoms with Crippen LogP contribution in [0.25, 0.3) is 0 Å². The van der Waals surface area contributed by atoms with Crippen LogP contribution in [-0.4, -0.2) is 12.4 Å². The molecule has 0 aliphatic rings. The van der Waals surface area contributed by atoms with Gasteiger partial charge in [0.25, 0.3) is 0 Å². The van der Waals surface area contributed by atoms with Crippen molar-refractivity contribution in [3.63, 3.8) is 0 Å². The number of ether oxygens (including phenoxy) is 1. The Kier molecular flexibility index (Phi) is 5.22. The first-order valence-electron chi connectivity index (χ1n) is 5.89. The van der Waals surface area contributed by atoms with Gasteiger partial charge in [-0.1, -0.05) is 13.3 Å². The molecule has 0 amide bonds. The molecule has 0 aliphatic heterocycles. The molecule has 1 unspecified atom stereocenters. The Hall–Kier alpha value is -1.82. The lowest BCUT2D eigenvalue weighted by Gasteiger charge is -2.07. The summed E-state index contributed by atoms with van der Waals surface area (Å²) >= 11 is 0. The van der Waals surface area contributed by atoms with Crippen molar-refractivity contribution >= 4 is 5.78 Å². The van der Waals surface area contributed by atoms with Crippen LogP contribution in [0.2, 0.25) is 0 Å². The van der Waals surface area contributed by atoms with E-state index >= 15 is 0 Å². The monoisotopic (exact) mass is 231 g/mol. The van der Waals surface area contributed by atoms with Gasteiger partial charge in [-0.15, -0.1) is 0 Å². The summed E-state index contributed by atoms with van der Waals surface area (Å²) in [6.07, 6.45) is 1.45. The molecular formula is C14H17NO2. The third-order valence-electron chi connectivity index (χ3n) is 2.50. The molecule has 0 fully saturated rings. The van der Waals surface area contributed by atoms with Gasteiger partial charge in [0.2, 0.25) is 0 Å². The van der Waals surface area contributed by atoms with Crippen LogP contribution >= 0.6 is 0 Å². The van der Waals surface area contributed by atoms with E-state index in [-0.39, 0.29) is 5.78 Å². The maximum atomic E-state index is 12.0. The van der Waals surface area contributed by atoms with Gasteiger partial charge in [0.1, 0.15) is 11.7 Å². The highest BCUT2D eigenvalue weighted by atomic mass is 16.5. The van der Waals surface area contributed by atoms with Gasteiger partial charge in [0.05, 0.1) is 12.7 Å². The maximum Gasteiger partial charge on any atom is 0.179 e. The van der Waals surface area contributed by atoms with E-state index in [9.17, 15) is 4.79 Å². The number of Topliss-reactive ketones (excluding diaryl/α,β-unsaturated/α-hetero) is 1. The Labute approximate surface area is 102 Å². The van der Waals surface area contributed by atoms with Crippen molar-refractivity contribution in [2.24, 2.45) is 5.92 Å². The normalized spacial score (nSPS) is 11.6. The number of nitrogens with zero attached hydrogens (tertiary/aromatic N) is 1. The number of hydrogen-bond donors (Lipinski definition) is 0. The summed E-state index contributed by atoms with van der Waals surface area (Å²) in [5.41, 5.74) is 0.577. The van der Waals surface area contributed by atoms with Crippen LogP contribution in [-0.2, 0) is 0 Å². The fourth-order valence-electron chi connectivity index (χ4n) is 1.63. The molecular weight excluding hydrogens is 214 g/mol. The molecule has 0 saturated carbocycles. The van der Waals surface area contributed by atoms with Crippen LogP contribution < -0.4 is 4.74 Å². The number of benzene rings is 1. The lowest BCUT2D eigenvalue weighted by Crippen LogP contribution is -2.12. The lowest BCUT2D eigenvalue weighted by atomic mass is 9.95. The van der Waals surface area contributed by atoms with Crippen molar-refractivity contribution < 1.29 is 9.53 Å². The first-order valence-corrected chi connectivity index (χ1v) is 5.89. The Bertz CT molecular complexity index is 403. The molecule has 0 radical (unpaired) electrons. The Morgan fingerprint density at radius 3 is 2.47 bits per heavy atom. The zero-order chi connectivity index (χ0) is 12.7. The smallest absolute Gasteiger partial charge is 0.179 e. The second kappa shape index (κ2) is 6.70. The molecule has 0 saturated heterocycles. The highest BCUT2D eigenvalue weighted by molar-refractivity contribution is 5.99. The van der Waals surface area contributed by atoms with E-state index in [2.05, 4.69) is 6.07 Å². The molecule has 1 aromatic carbocycles. The number of nitriles is 1. The molecule has 1 aromatic rings. The minimum Gasteiger partial charge on any atom is -0.494 e. The predicted molar refractivity (Wildman–Crippen MR) is 66.0 cm³/mol. The predicted octanol–water partition coefficient (Wildman–Crippen LogP) is 3.21. The maximum absolute atomic E-state index is 12.0. The van der Waals surface area contributed by atoms with Gasteiger partial charge < -0.3 is 4.74 Å². The van der Waals surface area contributed by atoms with E-state index < -0.39 is 5.92 Å². The highest BCUT2D eigenvalue weighted by Gasteiger charge is 2.18. The molecule has 0 N–H and O–H groups in total. The van der Waals surface area contributed by atoms with Gasteiger partial charge in [-0.2, -0.15) is 5.26 Å². The van der Waals surface area contributed by atoms with Crippen molar-refractivity contribution in [2.45, 2.75) is 26.7 Å². The molecule has 0 heterocycles. The van der Waals surface area contributed by atoms with E-state index in [1.165, 1.54) is 0 Å². The molecule has 17 heavy (non-hydrogen) atoms. The van der Waals surface area contributed by atoms with Crippen molar-refractivity contribution in [3.8, 4) is 11.8 Å². The fraction of sp³-hybridized carbons (Fsp3) is 0.429. The summed E-state index contributed by atoms with van der Waals surface area (Å²) in [5.74, 6) is 0.114. The van der Waals surface area contributed by atoms with Crippen LogP contribution in [0.15, 0.2) is 24.3 Å². The standard InChI is InChI=1S/C14H17NO2/c1-3-5-12(10-15)14(16)11-6-8-13(9-7-11)17-4-2/h6-9,12H,3-5H2,1-2H3. The molecule has 0 aromatic heterocycles. The quantitative estimate of drug-likeness (QED) is 0.706. The van der Waals surface area contributed by atoms with Gasteiger partial charge in [-0.3, -0.25) is 4.79 Å². The second-order valence-corrected chi connectivity index (χ2v) is 3.79. The topological polar surface area (TPSA) is 50.1 Å². The van der Waals surface area contributed by atoms with Crippen molar-refractivity contribution in [1.29, 1.82) is 5.26 Å². The van der Waals surface area contributed by atoms with Crippen molar-refractivity contribution in [3.05, 3.63) is 29.8 Å². The zero-order valence-electron chi connectivity index (χ0n) is 10.3. The van der Waals surface area contributed by atoms with Crippen molar-refractivity contribution in [1.82, 2.24) is 0 Å². The summed E-state index contributed by atoms with van der Waals surface area (Å²) in [6, 6.07) is 9.01. The van der Waals surface area contributed by atoms with Crippen LogP contribution in [0.5, 0.6) is 5.75 Å². The summed E-state index contributed by atoms with van der Waals surface area (Å²) in [5, 5.41) is 8.93. The van der Waals surface area contributed by atoms with Gasteiger partial charge in [0.15, 0.2) is 5.78 Å². The number of rotatable bonds is 6.